The second kappa shape index (κ2) is 10.6. The maximum Gasteiger partial charge on any atom is 0.255 e. The smallest absolute Gasteiger partial charge is 0.255 e. The molecule has 1 atom stereocenters. The molecule has 0 aliphatic carbocycles. The molecule has 1 aliphatic rings. The monoisotopic (exact) mass is 499 g/mol. The summed E-state index contributed by atoms with van der Waals surface area (Å²) in [5.74, 6) is 0.618. The van der Waals surface area contributed by atoms with E-state index in [1.165, 1.54) is 0 Å². The van der Waals surface area contributed by atoms with E-state index < -0.39 is 0 Å². The van der Waals surface area contributed by atoms with Gasteiger partial charge in [-0.1, -0.05) is 12.1 Å². The maximum atomic E-state index is 12.7. The van der Waals surface area contributed by atoms with Crippen LogP contribution in [0.25, 0.3) is 11.3 Å². The Hall–Kier alpha value is -4.15. The van der Waals surface area contributed by atoms with Gasteiger partial charge >= 0.3 is 0 Å². The number of benzene rings is 1. The van der Waals surface area contributed by atoms with Crippen molar-refractivity contribution >= 4 is 34.7 Å². The van der Waals surface area contributed by atoms with Gasteiger partial charge in [-0.15, -0.1) is 0 Å². The second-order valence-electron chi connectivity index (χ2n) is 8.32. The van der Waals surface area contributed by atoms with E-state index in [-0.39, 0.29) is 11.7 Å². The van der Waals surface area contributed by atoms with Crippen LogP contribution in [0, 0.1) is 0 Å². The molecular formula is C26H25N7O2S. The Morgan fingerprint density at radius 3 is 2.56 bits per heavy atom. The third-order valence-corrected chi connectivity index (χ3v) is 6.10. The molecule has 9 nitrogen and oxygen atoms in total. The highest BCUT2D eigenvalue weighted by Gasteiger charge is 2.25. The second-order valence-corrected chi connectivity index (χ2v) is 8.73. The number of hydrogen-bond donors (Lipinski definition) is 2. The van der Waals surface area contributed by atoms with E-state index in [1.54, 1.807) is 42.5 Å². The summed E-state index contributed by atoms with van der Waals surface area (Å²) >= 11 is 5.39. The summed E-state index contributed by atoms with van der Waals surface area (Å²) in [5, 5.41) is 6.77. The van der Waals surface area contributed by atoms with Gasteiger partial charge in [-0.05, 0) is 54.2 Å². The highest BCUT2D eigenvalue weighted by atomic mass is 32.1. The SMILES string of the molecule is Cn1c(N2CCOC(c3ccc(NC(=S)Nc4cccnc4)cc3)C2)nc(-c2ccncc2)cc1=O. The van der Waals surface area contributed by atoms with Gasteiger partial charge in [-0.25, -0.2) is 4.98 Å². The van der Waals surface area contributed by atoms with E-state index in [9.17, 15) is 4.79 Å². The zero-order valence-electron chi connectivity index (χ0n) is 19.7. The van der Waals surface area contributed by atoms with Crippen LogP contribution < -0.4 is 21.1 Å². The Labute approximate surface area is 213 Å². The normalized spacial score (nSPS) is 15.4. The van der Waals surface area contributed by atoms with Crippen molar-refractivity contribution in [1.82, 2.24) is 19.5 Å². The van der Waals surface area contributed by atoms with Crippen LogP contribution in [0.1, 0.15) is 11.7 Å². The molecule has 4 aromatic rings. The lowest BCUT2D eigenvalue weighted by Gasteiger charge is -2.34. The van der Waals surface area contributed by atoms with Crippen LogP contribution in [0.5, 0.6) is 0 Å². The lowest BCUT2D eigenvalue weighted by atomic mass is 10.1. The number of rotatable bonds is 5. The summed E-state index contributed by atoms with van der Waals surface area (Å²) in [7, 11) is 1.74. The van der Waals surface area contributed by atoms with Gasteiger partial charge in [0.05, 0.1) is 30.7 Å². The van der Waals surface area contributed by atoms with Crippen LogP contribution in [0.3, 0.4) is 0 Å². The minimum atomic E-state index is -0.158. The van der Waals surface area contributed by atoms with Crippen molar-refractivity contribution in [3.05, 3.63) is 95.3 Å². The fourth-order valence-electron chi connectivity index (χ4n) is 4.02. The van der Waals surface area contributed by atoms with E-state index in [1.807, 2.05) is 48.5 Å². The number of nitrogens with zero attached hydrogens (tertiary/aromatic N) is 5. The first-order valence-corrected chi connectivity index (χ1v) is 11.9. The van der Waals surface area contributed by atoms with Crippen molar-refractivity contribution in [2.24, 2.45) is 7.05 Å². The fourth-order valence-corrected chi connectivity index (χ4v) is 4.26. The molecule has 2 N–H and O–H groups in total. The molecular weight excluding hydrogens is 474 g/mol. The minimum Gasteiger partial charge on any atom is -0.370 e. The van der Waals surface area contributed by atoms with E-state index in [0.29, 0.717) is 36.5 Å². The van der Waals surface area contributed by atoms with Gasteiger partial charge in [0, 0.05) is 49.5 Å². The third-order valence-electron chi connectivity index (χ3n) is 5.90. The molecule has 0 amide bonds. The van der Waals surface area contributed by atoms with Gasteiger partial charge < -0.3 is 20.3 Å². The Kier molecular flexibility index (Phi) is 6.96. The zero-order chi connectivity index (χ0) is 24.9. The maximum absolute atomic E-state index is 12.7. The number of anilines is 3. The predicted octanol–water partition coefficient (Wildman–Crippen LogP) is 3.62. The van der Waals surface area contributed by atoms with Crippen molar-refractivity contribution in [2.75, 3.05) is 35.2 Å². The number of pyridine rings is 2. The molecule has 4 heterocycles. The average Bonchev–Trinajstić information content (AvgIpc) is 2.91. The number of nitrogens with one attached hydrogen (secondary N) is 2. The molecule has 1 aliphatic heterocycles. The van der Waals surface area contributed by atoms with Crippen molar-refractivity contribution in [3.8, 4) is 11.3 Å². The Balaban J connectivity index is 1.29. The molecule has 1 saturated heterocycles. The van der Waals surface area contributed by atoms with Gasteiger partial charge in [-0.3, -0.25) is 19.3 Å². The van der Waals surface area contributed by atoms with Gasteiger partial charge in [0.2, 0.25) is 5.95 Å². The number of ether oxygens (including phenoxy) is 1. The average molecular weight is 500 g/mol. The minimum absolute atomic E-state index is 0.110. The zero-order valence-corrected chi connectivity index (χ0v) is 20.5. The first kappa shape index (κ1) is 23.6. The summed E-state index contributed by atoms with van der Waals surface area (Å²) in [5.41, 5.74) is 4.09. The molecule has 1 unspecified atom stereocenters. The fraction of sp³-hybridized carbons (Fsp3) is 0.192. The standard InChI is InChI=1S/C26H25N7O2S/c1-32-24(34)15-22(18-8-11-27-12-9-18)31-26(32)33-13-14-35-23(17-33)19-4-6-20(7-5-19)29-25(36)30-21-3-2-10-28-16-21/h2-12,15-16,23H,13-14,17H2,1H3,(H2,29,30,36). The van der Waals surface area contributed by atoms with E-state index in [0.717, 1.165) is 22.5 Å². The van der Waals surface area contributed by atoms with Crippen LogP contribution in [0.2, 0.25) is 0 Å². The van der Waals surface area contributed by atoms with Crippen LogP contribution in [-0.2, 0) is 11.8 Å². The van der Waals surface area contributed by atoms with Gasteiger partial charge in [-0.2, -0.15) is 0 Å². The molecule has 1 fully saturated rings. The van der Waals surface area contributed by atoms with Gasteiger partial charge in [0.15, 0.2) is 5.11 Å². The van der Waals surface area contributed by atoms with Crippen molar-refractivity contribution < 1.29 is 4.74 Å². The summed E-state index contributed by atoms with van der Waals surface area (Å²) < 4.78 is 7.65. The molecule has 0 bridgehead atoms. The van der Waals surface area contributed by atoms with E-state index >= 15 is 0 Å². The third kappa shape index (κ3) is 5.40. The van der Waals surface area contributed by atoms with Crippen LogP contribution >= 0.6 is 12.2 Å². The Morgan fingerprint density at radius 2 is 1.81 bits per heavy atom. The topological polar surface area (TPSA) is 97.2 Å². The predicted molar refractivity (Wildman–Crippen MR) is 144 cm³/mol. The van der Waals surface area contributed by atoms with Crippen LogP contribution in [0.15, 0.2) is 84.2 Å². The van der Waals surface area contributed by atoms with Crippen molar-refractivity contribution in [1.29, 1.82) is 0 Å². The first-order chi connectivity index (χ1) is 17.6. The summed E-state index contributed by atoms with van der Waals surface area (Å²) in [6, 6.07) is 17.0. The number of aromatic nitrogens is 4. The number of hydrogen-bond acceptors (Lipinski definition) is 7. The molecule has 36 heavy (non-hydrogen) atoms. The van der Waals surface area contributed by atoms with Gasteiger partial charge in [0.1, 0.15) is 6.10 Å². The Morgan fingerprint density at radius 1 is 1.03 bits per heavy atom. The van der Waals surface area contributed by atoms with Gasteiger partial charge in [0.25, 0.3) is 5.56 Å². The first-order valence-electron chi connectivity index (χ1n) is 11.5. The van der Waals surface area contributed by atoms with E-state index in [4.69, 9.17) is 21.9 Å². The van der Waals surface area contributed by atoms with E-state index in [2.05, 4.69) is 25.5 Å². The van der Waals surface area contributed by atoms with Crippen molar-refractivity contribution in [3.63, 3.8) is 0 Å². The Bertz CT molecular complexity index is 1400. The molecule has 1 aromatic carbocycles. The largest absolute Gasteiger partial charge is 0.370 e. The molecule has 182 valence electrons. The lowest BCUT2D eigenvalue weighted by Crippen LogP contribution is -2.41. The quantitative estimate of drug-likeness (QED) is 0.399. The highest BCUT2D eigenvalue weighted by Crippen LogP contribution is 2.27. The molecule has 0 saturated carbocycles. The van der Waals surface area contributed by atoms with Crippen LogP contribution in [0.4, 0.5) is 17.3 Å². The summed E-state index contributed by atoms with van der Waals surface area (Å²) in [6.07, 6.45) is 6.65. The summed E-state index contributed by atoms with van der Waals surface area (Å²) in [6.45, 7) is 1.75. The molecule has 0 radical (unpaired) electrons. The molecule has 0 spiro atoms. The summed E-state index contributed by atoms with van der Waals surface area (Å²) in [4.78, 5) is 27.7. The molecule has 10 heteroatoms. The van der Waals surface area contributed by atoms with Crippen molar-refractivity contribution in [2.45, 2.75) is 6.10 Å². The lowest BCUT2D eigenvalue weighted by molar-refractivity contribution is 0.0390. The number of morpholine rings is 1. The molecule has 3 aromatic heterocycles. The number of thiocarbonyl (C=S) groups is 1. The van der Waals surface area contributed by atoms with Crippen LogP contribution in [-0.4, -0.2) is 44.3 Å². The molecule has 5 rings (SSSR count). The highest BCUT2D eigenvalue weighted by molar-refractivity contribution is 7.80.